The van der Waals surface area contributed by atoms with Gasteiger partial charge >= 0.3 is 0 Å². The minimum atomic E-state index is -0.496. The molecule has 0 spiro atoms. The van der Waals surface area contributed by atoms with Gasteiger partial charge in [0.1, 0.15) is 0 Å². The van der Waals surface area contributed by atoms with Crippen molar-refractivity contribution in [2.45, 2.75) is 0 Å². The third kappa shape index (κ3) is 5.02. The number of nitrogens with zero attached hydrogens (tertiary/aromatic N) is 3. The van der Waals surface area contributed by atoms with Crippen LogP contribution in [0.5, 0.6) is 0 Å². The molecule has 1 aromatic heterocycles. The van der Waals surface area contributed by atoms with Crippen molar-refractivity contribution in [3.8, 4) is 56.4 Å². The molecule has 0 aliphatic heterocycles. The second-order valence-electron chi connectivity index (χ2n) is 12.6. The van der Waals surface area contributed by atoms with Gasteiger partial charge in [0, 0.05) is 16.7 Å². The summed E-state index contributed by atoms with van der Waals surface area (Å²) in [4.78, 5) is 15.0. The maximum absolute atomic E-state index is 9.47. The van der Waals surface area contributed by atoms with Crippen molar-refractivity contribution in [3.05, 3.63) is 188 Å². The van der Waals surface area contributed by atoms with Gasteiger partial charge in [-0.05, 0) is 77.5 Å². The molecule has 0 unspecified atom stereocenters. The van der Waals surface area contributed by atoms with Crippen LogP contribution in [0.15, 0.2) is 188 Å². The van der Waals surface area contributed by atoms with E-state index in [0.717, 1.165) is 60.1 Å². The van der Waals surface area contributed by atoms with Gasteiger partial charge in [0.2, 0.25) is 0 Å². The monoisotopic (exact) mass is 668 g/mol. The molecule has 52 heavy (non-hydrogen) atoms. The highest BCUT2D eigenvalue weighted by atomic mass is 15.0. The molecule has 0 radical (unpaired) electrons. The zero-order valence-electron chi connectivity index (χ0n) is 34.7. The van der Waals surface area contributed by atoms with E-state index in [-0.39, 0.29) is 34.5 Å². The number of fused-ring (bicyclic) bond motifs is 4. The molecule has 10 aromatic rings. The van der Waals surface area contributed by atoms with Crippen molar-refractivity contribution in [3.63, 3.8) is 0 Å². The topological polar surface area (TPSA) is 38.7 Å². The van der Waals surface area contributed by atoms with Crippen molar-refractivity contribution < 1.29 is 9.60 Å². The highest BCUT2D eigenvalue weighted by Gasteiger charge is 2.20. The van der Waals surface area contributed by atoms with Gasteiger partial charge in [-0.25, -0.2) is 15.0 Å². The molecule has 3 heteroatoms. The van der Waals surface area contributed by atoms with Gasteiger partial charge in [-0.3, -0.25) is 0 Å². The Kier molecular flexibility index (Phi) is 5.60. The Morgan fingerprint density at radius 2 is 0.769 bits per heavy atom. The molecule has 9 aromatic carbocycles. The van der Waals surface area contributed by atoms with E-state index in [1.165, 1.54) is 0 Å². The molecule has 0 aliphatic carbocycles. The van der Waals surface area contributed by atoms with Crippen LogP contribution in [0.25, 0.3) is 99.5 Å². The summed E-state index contributed by atoms with van der Waals surface area (Å²) in [6.45, 7) is 0. The summed E-state index contributed by atoms with van der Waals surface area (Å²) < 4.78 is 61.8. The molecular weight excluding hydrogens is 631 g/mol. The van der Waals surface area contributed by atoms with E-state index < -0.39 is 24.2 Å². The van der Waals surface area contributed by atoms with Crippen LogP contribution in [0, 0.1) is 0 Å². The predicted octanol–water partition coefficient (Wildman–Crippen LogP) is 12.8. The molecule has 10 rings (SSSR count). The summed E-state index contributed by atoms with van der Waals surface area (Å²) in [5.74, 6) is 1.67. The fourth-order valence-electron chi connectivity index (χ4n) is 7.24. The van der Waals surface area contributed by atoms with Crippen molar-refractivity contribution in [1.82, 2.24) is 15.0 Å². The third-order valence-corrected chi connectivity index (χ3v) is 9.57. The molecule has 0 aliphatic rings. The van der Waals surface area contributed by atoms with Crippen molar-refractivity contribution in [2.75, 3.05) is 0 Å². The second-order valence-corrected chi connectivity index (χ2v) is 12.6. The van der Waals surface area contributed by atoms with Crippen LogP contribution in [0.1, 0.15) is 9.60 Å². The lowest BCUT2D eigenvalue weighted by Crippen LogP contribution is -2.00. The summed E-state index contributed by atoms with van der Waals surface area (Å²) in [6, 6.07) is 45.1. The van der Waals surface area contributed by atoms with E-state index in [1.807, 2.05) is 121 Å². The molecular formula is C49H31N3. The Labute approximate surface area is 311 Å². The fraction of sp³-hybridized carbons (Fsp3) is 0. The fourth-order valence-corrected chi connectivity index (χ4v) is 7.24. The van der Waals surface area contributed by atoms with Gasteiger partial charge in [0.15, 0.2) is 17.5 Å². The Balaban J connectivity index is 1.26. The summed E-state index contributed by atoms with van der Waals surface area (Å²) in [7, 11) is 0. The van der Waals surface area contributed by atoms with Crippen LogP contribution < -0.4 is 0 Å². The molecule has 242 valence electrons. The maximum Gasteiger partial charge on any atom is 0.164 e. The Hall–Kier alpha value is -6.97. The van der Waals surface area contributed by atoms with E-state index in [1.54, 1.807) is 0 Å². The smallest absolute Gasteiger partial charge is 0.164 e. The van der Waals surface area contributed by atoms with E-state index in [2.05, 4.69) is 24.3 Å². The van der Waals surface area contributed by atoms with Crippen molar-refractivity contribution >= 4 is 43.1 Å². The van der Waals surface area contributed by atoms with Gasteiger partial charge in [-0.15, -0.1) is 0 Å². The van der Waals surface area contributed by atoms with Gasteiger partial charge < -0.3 is 0 Å². The maximum atomic E-state index is 9.47. The zero-order valence-corrected chi connectivity index (χ0v) is 27.7. The predicted molar refractivity (Wildman–Crippen MR) is 217 cm³/mol. The lowest BCUT2D eigenvalue weighted by Gasteiger charge is -2.20. The first kappa shape index (κ1) is 23.4. The SMILES string of the molecule is [2H]c1c([2H])c([2H])c2c([2H])c(-c3c4ccccc4c(-c4ccc(-c5nc(-c6ccccc6)nc(-c6ccccc6)n5)c5ccccc45)c4ccccc34)c([2H])c([2H])c2c1[2H]. The number of hydrogen-bond acceptors (Lipinski definition) is 3. The molecule has 0 amide bonds. The molecule has 0 bridgehead atoms. The first-order chi connectivity index (χ1) is 28.7. The highest BCUT2D eigenvalue weighted by molar-refractivity contribution is 6.24. The summed E-state index contributed by atoms with van der Waals surface area (Å²) in [6.07, 6.45) is 0. The number of aromatic nitrogens is 3. The minimum absolute atomic E-state index is 0.0741. The highest BCUT2D eigenvalue weighted by Crippen LogP contribution is 2.46. The van der Waals surface area contributed by atoms with Crippen molar-refractivity contribution in [2.24, 2.45) is 0 Å². The summed E-state index contributed by atoms with van der Waals surface area (Å²) >= 11 is 0. The molecule has 0 fully saturated rings. The molecule has 1 heterocycles. The van der Waals surface area contributed by atoms with Crippen LogP contribution in [-0.4, -0.2) is 15.0 Å². The zero-order chi connectivity index (χ0) is 40.5. The first-order valence-corrected chi connectivity index (χ1v) is 17.1. The van der Waals surface area contributed by atoms with Crippen LogP contribution in [0.4, 0.5) is 0 Å². The van der Waals surface area contributed by atoms with Gasteiger partial charge in [0.25, 0.3) is 0 Å². The minimum Gasteiger partial charge on any atom is -0.208 e. The number of rotatable bonds is 5. The lowest BCUT2D eigenvalue weighted by molar-refractivity contribution is 1.08. The molecule has 3 nitrogen and oxygen atoms in total. The second kappa shape index (κ2) is 12.4. The van der Waals surface area contributed by atoms with E-state index in [0.29, 0.717) is 23.0 Å². The Morgan fingerprint density at radius 3 is 1.35 bits per heavy atom. The van der Waals surface area contributed by atoms with Gasteiger partial charge in [-0.1, -0.05) is 176 Å². The largest absolute Gasteiger partial charge is 0.208 e. The molecule has 0 saturated heterocycles. The molecule has 0 atom stereocenters. The quantitative estimate of drug-likeness (QED) is 0.171. The normalized spacial score (nSPS) is 13.3. The van der Waals surface area contributed by atoms with Crippen LogP contribution in [-0.2, 0) is 0 Å². The van der Waals surface area contributed by atoms with Crippen molar-refractivity contribution in [1.29, 1.82) is 0 Å². The average molecular weight is 669 g/mol. The van der Waals surface area contributed by atoms with E-state index in [4.69, 9.17) is 21.8 Å². The van der Waals surface area contributed by atoms with E-state index in [9.17, 15) is 2.74 Å². The number of benzene rings is 9. The number of hydrogen-bond donors (Lipinski definition) is 0. The van der Waals surface area contributed by atoms with E-state index >= 15 is 0 Å². The lowest BCUT2D eigenvalue weighted by atomic mass is 9.84. The van der Waals surface area contributed by atoms with Crippen LogP contribution in [0.2, 0.25) is 0 Å². The van der Waals surface area contributed by atoms with Gasteiger partial charge in [-0.2, -0.15) is 0 Å². The molecule has 0 N–H and O–H groups in total. The summed E-state index contributed by atoms with van der Waals surface area (Å²) in [5, 5.41) is 4.91. The summed E-state index contributed by atoms with van der Waals surface area (Å²) in [5.41, 5.74) is 5.20. The molecule has 0 saturated carbocycles. The Morgan fingerprint density at radius 1 is 0.327 bits per heavy atom. The van der Waals surface area contributed by atoms with Crippen LogP contribution >= 0.6 is 0 Å². The third-order valence-electron chi connectivity index (χ3n) is 9.57. The first-order valence-electron chi connectivity index (χ1n) is 20.6. The van der Waals surface area contributed by atoms with Gasteiger partial charge in [0.05, 0.1) is 9.60 Å². The Bertz CT molecular complexity index is 3240. The standard InChI is InChI=1S/C49H31N3/c1-3-16-33(17-4-1)47-50-48(34-18-5-2-6-19-34)52-49(51-47)44-30-29-43(37-21-9-10-22-38(37)44)46-41-25-13-11-23-39(41)45(40-24-12-14-26-42(40)46)36-28-27-32-15-7-8-20-35(32)31-36/h1-31H/i7D,8D,15D,20D,27D,28D,31D. The average Bonchev–Trinajstić information content (AvgIpc) is 3.28. The van der Waals surface area contributed by atoms with Crippen LogP contribution in [0.3, 0.4) is 0 Å².